The van der Waals surface area contributed by atoms with Crippen molar-refractivity contribution in [2.75, 3.05) is 0 Å². The first-order valence-electron chi connectivity index (χ1n) is 7.42. The molecule has 0 fully saturated rings. The molecule has 0 spiro atoms. The quantitative estimate of drug-likeness (QED) is 0.678. The molecule has 2 aliphatic carbocycles. The highest BCUT2D eigenvalue weighted by Crippen LogP contribution is 2.35. The maximum atomic E-state index is 13.4. The highest BCUT2D eigenvalue weighted by molar-refractivity contribution is 5.78. The van der Waals surface area contributed by atoms with Gasteiger partial charge in [0, 0.05) is 5.92 Å². The third kappa shape index (κ3) is 2.90. The summed E-state index contributed by atoms with van der Waals surface area (Å²) in [5, 5.41) is 0. The van der Waals surface area contributed by atoms with Crippen molar-refractivity contribution in [1.29, 1.82) is 0 Å². The molecule has 21 heavy (non-hydrogen) atoms. The third-order valence-electron chi connectivity index (χ3n) is 4.08. The second-order valence-electron chi connectivity index (χ2n) is 5.64. The minimum atomic E-state index is -0.805. The van der Waals surface area contributed by atoms with Gasteiger partial charge in [-0.15, -0.1) is 0 Å². The fraction of sp³-hybridized carbons (Fsp3) is 0.263. The summed E-state index contributed by atoms with van der Waals surface area (Å²) < 4.78 is 26.4. The molecule has 0 aromatic heterocycles. The number of hydrogen-bond acceptors (Lipinski definition) is 0. The van der Waals surface area contributed by atoms with Crippen LogP contribution in [0.2, 0.25) is 0 Å². The van der Waals surface area contributed by atoms with Gasteiger partial charge >= 0.3 is 0 Å². The van der Waals surface area contributed by atoms with E-state index in [0.717, 1.165) is 18.4 Å². The van der Waals surface area contributed by atoms with Gasteiger partial charge in [0.1, 0.15) is 0 Å². The van der Waals surface area contributed by atoms with Crippen molar-refractivity contribution in [3.8, 4) is 0 Å². The molecule has 0 saturated heterocycles. The summed E-state index contributed by atoms with van der Waals surface area (Å²) in [5.41, 5.74) is 4.38. The summed E-state index contributed by atoms with van der Waals surface area (Å²) in [4.78, 5) is 0. The number of halogens is 2. The van der Waals surface area contributed by atoms with E-state index in [1.54, 1.807) is 6.07 Å². The SMILES string of the molecule is CCCC1=CC=C2C=C(c3ccc(F)c(F)c3)C=CC2C1. The second-order valence-corrected chi connectivity index (χ2v) is 5.64. The van der Waals surface area contributed by atoms with Crippen LogP contribution in [0.5, 0.6) is 0 Å². The van der Waals surface area contributed by atoms with Crippen LogP contribution in [0.1, 0.15) is 31.7 Å². The zero-order valence-corrected chi connectivity index (χ0v) is 12.1. The average Bonchev–Trinajstić information content (AvgIpc) is 2.50. The first kappa shape index (κ1) is 14.0. The number of allylic oxidation sites excluding steroid dienone is 8. The van der Waals surface area contributed by atoms with Crippen LogP contribution in [0.4, 0.5) is 8.78 Å². The van der Waals surface area contributed by atoms with E-state index in [-0.39, 0.29) is 0 Å². The van der Waals surface area contributed by atoms with Crippen LogP contribution in [0.3, 0.4) is 0 Å². The first-order chi connectivity index (χ1) is 10.2. The van der Waals surface area contributed by atoms with Crippen LogP contribution >= 0.6 is 0 Å². The number of rotatable bonds is 3. The maximum absolute atomic E-state index is 13.4. The fourth-order valence-corrected chi connectivity index (χ4v) is 2.95. The molecule has 108 valence electrons. The van der Waals surface area contributed by atoms with Gasteiger partial charge in [0.05, 0.1) is 0 Å². The molecule has 0 saturated carbocycles. The van der Waals surface area contributed by atoms with E-state index in [1.807, 2.05) is 6.08 Å². The first-order valence-corrected chi connectivity index (χ1v) is 7.42. The smallest absolute Gasteiger partial charge is 0.159 e. The van der Waals surface area contributed by atoms with Crippen molar-refractivity contribution < 1.29 is 8.78 Å². The molecule has 1 unspecified atom stereocenters. The molecule has 2 aliphatic rings. The van der Waals surface area contributed by atoms with Crippen molar-refractivity contribution in [2.45, 2.75) is 26.2 Å². The Bertz CT molecular complexity index is 675. The standard InChI is InChI=1S/C19H18F2/c1-2-3-13-4-5-15-11-16(7-6-14(15)10-13)17-8-9-18(20)19(21)12-17/h4-9,11-12,14H,2-3,10H2,1H3. The molecular weight excluding hydrogens is 266 g/mol. The predicted octanol–water partition coefficient (Wildman–Crippen LogP) is 5.59. The molecule has 0 bridgehead atoms. The minimum absolute atomic E-state index is 0.422. The lowest BCUT2D eigenvalue weighted by Gasteiger charge is -2.24. The zero-order chi connectivity index (χ0) is 14.8. The minimum Gasteiger partial charge on any atom is -0.204 e. The summed E-state index contributed by atoms with van der Waals surface area (Å²) in [6, 6.07) is 4.06. The number of hydrogen-bond donors (Lipinski definition) is 0. The van der Waals surface area contributed by atoms with Crippen molar-refractivity contribution >= 4 is 5.57 Å². The molecule has 0 radical (unpaired) electrons. The van der Waals surface area contributed by atoms with E-state index in [0.29, 0.717) is 11.5 Å². The van der Waals surface area contributed by atoms with E-state index in [9.17, 15) is 8.78 Å². The van der Waals surface area contributed by atoms with Gasteiger partial charge in [0.15, 0.2) is 11.6 Å². The Morgan fingerprint density at radius 3 is 2.76 bits per heavy atom. The summed E-state index contributed by atoms with van der Waals surface area (Å²) in [6.07, 6.45) is 14.0. The highest BCUT2D eigenvalue weighted by Gasteiger charge is 2.19. The largest absolute Gasteiger partial charge is 0.204 e. The summed E-state index contributed by atoms with van der Waals surface area (Å²) in [6.45, 7) is 2.19. The molecule has 0 N–H and O–H groups in total. The lowest BCUT2D eigenvalue weighted by atomic mass is 9.81. The van der Waals surface area contributed by atoms with Gasteiger partial charge in [0.2, 0.25) is 0 Å². The van der Waals surface area contributed by atoms with Crippen LogP contribution in [-0.2, 0) is 0 Å². The second kappa shape index (κ2) is 5.80. The van der Waals surface area contributed by atoms with E-state index in [2.05, 4.69) is 31.2 Å². The van der Waals surface area contributed by atoms with Gasteiger partial charge in [-0.2, -0.15) is 0 Å². The summed E-state index contributed by atoms with van der Waals surface area (Å²) in [7, 11) is 0. The Labute approximate surface area is 124 Å². The van der Waals surface area contributed by atoms with Crippen molar-refractivity contribution in [3.05, 3.63) is 76.9 Å². The molecule has 1 atom stereocenters. The van der Waals surface area contributed by atoms with Gasteiger partial charge in [0.25, 0.3) is 0 Å². The van der Waals surface area contributed by atoms with Crippen molar-refractivity contribution in [1.82, 2.24) is 0 Å². The monoisotopic (exact) mass is 284 g/mol. The average molecular weight is 284 g/mol. The Kier molecular flexibility index (Phi) is 3.87. The molecule has 0 aliphatic heterocycles. The van der Waals surface area contributed by atoms with Crippen LogP contribution in [-0.4, -0.2) is 0 Å². The van der Waals surface area contributed by atoms with Gasteiger partial charge in [-0.25, -0.2) is 8.78 Å². The Hall–Kier alpha value is -1.96. The molecule has 1 aromatic carbocycles. The molecule has 0 amide bonds. The van der Waals surface area contributed by atoms with Crippen molar-refractivity contribution in [3.63, 3.8) is 0 Å². The Balaban J connectivity index is 1.90. The lowest BCUT2D eigenvalue weighted by Crippen LogP contribution is -2.08. The topological polar surface area (TPSA) is 0 Å². The fourth-order valence-electron chi connectivity index (χ4n) is 2.95. The van der Waals surface area contributed by atoms with Gasteiger partial charge in [-0.3, -0.25) is 0 Å². The normalized spacial score (nSPS) is 20.5. The van der Waals surface area contributed by atoms with E-state index in [4.69, 9.17) is 0 Å². The van der Waals surface area contributed by atoms with Crippen LogP contribution in [0.15, 0.2) is 59.7 Å². The van der Waals surface area contributed by atoms with Crippen LogP contribution in [0.25, 0.3) is 5.57 Å². The summed E-state index contributed by atoms with van der Waals surface area (Å²) in [5.74, 6) is -1.18. The Morgan fingerprint density at radius 1 is 1.14 bits per heavy atom. The van der Waals surface area contributed by atoms with Gasteiger partial charge in [-0.1, -0.05) is 55.4 Å². The highest BCUT2D eigenvalue weighted by atomic mass is 19.2. The molecule has 2 heteroatoms. The predicted molar refractivity (Wildman–Crippen MR) is 82.7 cm³/mol. The molecule has 1 aromatic rings. The lowest BCUT2D eigenvalue weighted by molar-refractivity contribution is 0.508. The zero-order valence-electron chi connectivity index (χ0n) is 12.1. The third-order valence-corrected chi connectivity index (χ3v) is 4.08. The van der Waals surface area contributed by atoms with E-state index in [1.165, 1.54) is 29.7 Å². The maximum Gasteiger partial charge on any atom is 0.159 e. The molecule has 0 nitrogen and oxygen atoms in total. The van der Waals surface area contributed by atoms with Gasteiger partial charge < -0.3 is 0 Å². The van der Waals surface area contributed by atoms with Gasteiger partial charge in [-0.05, 0) is 41.7 Å². The molecule has 3 rings (SSSR count). The summed E-state index contributed by atoms with van der Waals surface area (Å²) >= 11 is 0. The van der Waals surface area contributed by atoms with E-state index >= 15 is 0 Å². The molecule has 0 heterocycles. The van der Waals surface area contributed by atoms with Crippen LogP contribution < -0.4 is 0 Å². The number of fused-ring (bicyclic) bond motifs is 1. The molecular formula is C19H18F2. The van der Waals surface area contributed by atoms with Crippen molar-refractivity contribution in [2.24, 2.45) is 5.92 Å². The Morgan fingerprint density at radius 2 is 2.00 bits per heavy atom. The van der Waals surface area contributed by atoms with E-state index < -0.39 is 11.6 Å². The number of benzene rings is 1. The van der Waals surface area contributed by atoms with Crippen LogP contribution in [0, 0.1) is 17.6 Å².